The lowest BCUT2D eigenvalue weighted by molar-refractivity contribution is -0.138. The Morgan fingerprint density at radius 2 is 2.06 bits per heavy atom. The number of aryl methyl sites for hydroxylation is 1. The lowest BCUT2D eigenvalue weighted by Gasteiger charge is -2.19. The van der Waals surface area contributed by atoms with Crippen molar-refractivity contribution in [3.8, 4) is 5.88 Å². The van der Waals surface area contributed by atoms with Crippen LogP contribution in [0.15, 0.2) is 48.7 Å². The minimum atomic E-state index is -4.54. The second kappa shape index (κ2) is 9.84. The van der Waals surface area contributed by atoms with Gasteiger partial charge in [-0.2, -0.15) is 13.2 Å². The van der Waals surface area contributed by atoms with Crippen molar-refractivity contribution >= 4 is 34.8 Å². The van der Waals surface area contributed by atoms with E-state index in [1.165, 1.54) is 37.1 Å². The summed E-state index contributed by atoms with van der Waals surface area (Å²) in [5, 5.41) is 0. The van der Waals surface area contributed by atoms with E-state index in [-0.39, 0.29) is 30.2 Å². The molecule has 1 saturated heterocycles. The molecule has 3 aromatic rings. The normalized spacial score (nSPS) is 16.0. The summed E-state index contributed by atoms with van der Waals surface area (Å²) >= 11 is 0. The van der Waals surface area contributed by atoms with Crippen molar-refractivity contribution in [1.29, 1.82) is 0 Å². The number of cyclic esters (lactones) is 1. The summed E-state index contributed by atoms with van der Waals surface area (Å²) in [6, 6.07) is 8.85. The van der Waals surface area contributed by atoms with Crippen molar-refractivity contribution in [3.05, 3.63) is 65.4 Å². The Morgan fingerprint density at radius 1 is 1.28 bits per heavy atom. The smallest absolute Gasteiger partial charge is 0.416 e. The Bertz CT molecular complexity index is 1340. The zero-order valence-corrected chi connectivity index (χ0v) is 19.7. The second-order valence-corrected chi connectivity index (χ2v) is 8.29. The summed E-state index contributed by atoms with van der Waals surface area (Å²) < 4.78 is 50.3. The molecule has 0 spiro atoms. The molecule has 8 nitrogen and oxygen atoms in total. The number of likely N-dealkylation sites (N-methyl/N-ethyl adjacent to an activating group) is 1. The van der Waals surface area contributed by atoms with Gasteiger partial charge < -0.3 is 14.4 Å². The van der Waals surface area contributed by atoms with Crippen LogP contribution in [0, 0.1) is 6.92 Å². The first-order chi connectivity index (χ1) is 17.1. The number of fused-ring (bicyclic) bond motifs is 1. The predicted molar refractivity (Wildman–Crippen MR) is 127 cm³/mol. The average Bonchev–Trinajstić information content (AvgIpc) is 3.21. The molecular formula is C25H23F3N4O4. The number of hydrogen-bond donors (Lipinski definition) is 0. The van der Waals surface area contributed by atoms with E-state index in [1.807, 2.05) is 0 Å². The van der Waals surface area contributed by atoms with Gasteiger partial charge in [0.2, 0.25) is 11.8 Å². The van der Waals surface area contributed by atoms with Crippen molar-refractivity contribution in [3.63, 3.8) is 0 Å². The Balaban J connectivity index is 1.43. The Hall–Kier alpha value is -4.15. The van der Waals surface area contributed by atoms with Gasteiger partial charge >= 0.3 is 12.3 Å². The first-order valence-electron chi connectivity index (χ1n) is 11.0. The highest BCUT2D eigenvalue weighted by molar-refractivity contribution is 5.95. The number of aromatic nitrogens is 2. The van der Waals surface area contributed by atoms with Gasteiger partial charge in [0.25, 0.3) is 0 Å². The summed E-state index contributed by atoms with van der Waals surface area (Å²) in [5.74, 6) is 0.0594. The summed E-state index contributed by atoms with van der Waals surface area (Å²) in [6.07, 6.45) is -1.44. The molecule has 0 bridgehead atoms. The summed E-state index contributed by atoms with van der Waals surface area (Å²) in [5.41, 5.74) is 1.20. The fourth-order valence-corrected chi connectivity index (χ4v) is 3.87. The van der Waals surface area contributed by atoms with Crippen molar-refractivity contribution in [2.75, 3.05) is 32.1 Å². The largest absolute Gasteiger partial charge is 0.481 e. The molecular weight excluding hydrogens is 477 g/mol. The van der Waals surface area contributed by atoms with E-state index in [0.717, 1.165) is 11.0 Å². The quantitative estimate of drug-likeness (QED) is 0.465. The Morgan fingerprint density at radius 3 is 2.78 bits per heavy atom. The summed E-state index contributed by atoms with van der Waals surface area (Å²) in [7, 11) is 3.05. The Labute approximate surface area is 204 Å². The van der Waals surface area contributed by atoms with Crippen LogP contribution in [-0.2, 0) is 15.7 Å². The molecule has 2 aromatic heterocycles. The minimum absolute atomic E-state index is 0.0131. The molecule has 0 aliphatic carbocycles. The molecule has 188 valence electrons. The topological polar surface area (TPSA) is 84.9 Å². The number of nitrogens with zero attached hydrogens (tertiary/aromatic N) is 4. The zero-order chi connectivity index (χ0) is 26.0. The number of anilines is 1. The van der Waals surface area contributed by atoms with E-state index in [4.69, 9.17) is 9.47 Å². The maximum absolute atomic E-state index is 13.3. The van der Waals surface area contributed by atoms with Crippen LogP contribution >= 0.6 is 0 Å². The van der Waals surface area contributed by atoms with Gasteiger partial charge in [-0.05, 0) is 42.8 Å². The highest BCUT2D eigenvalue weighted by atomic mass is 19.4. The fraction of sp³-hybridized carbons (Fsp3) is 0.280. The molecule has 1 atom stereocenters. The monoisotopic (exact) mass is 500 g/mol. The van der Waals surface area contributed by atoms with E-state index >= 15 is 0 Å². The zero-order valence-electron chi connectivity index (χ0n) is 19.7. The number of carbonyl (C=O) groups excluding carboxylic acids is 2. The number of benzene rings is 1. The fourth-order valence-electron chi connectivity index (χ4n) is 3.87. The molecule has 11 heteroatoms. The van der Waals surface area contributed by atoms with Crippen LogP contribution in [0.1, 0.15) is 16.7 Å². The second-order valence-electron chi connectivity index (χ2n) is 8.29. The molecule has 0 unspecified atom stereocenters. The number of hydrogen-bond acceptors (Lipinski definition) is 6. The van der Waals surface area contributed by atoms with Crippen LogP contribution in [0.3, 0.4) is 0 Å². The summed E-state index contributed by atoms with van der Waals surface area (Å²) in [4.78, 5) is 36.2. The molecule has 1 aliphatic rings. The van der Waals surface area contributed by atoms with Gasteiger partial charge in [0.05, 0.1) is 36.8 Å². The molecule has 4 rings (SSSR count). The standard InChI is InChI=1S/C25H23F3N4O4/c1-15-4-6-17(12-19(15)25(26,27)28)32-14-18(36-24(32)34)13-31(2)22(33)9-5-16-10-11-29-20-7-8-21(35-3)30-23(16)20/h4-12,18H,13-14H2,1-3H3/b9-5+/t18-/m0/s1. The third kappa shape index (κ3) is 5.24. The number of rotatable bonds is 6. The number of alkyl halides is 3. The third-order valence-electron chi connectivity index (χ3n) is 5.77. The number of amides is 2. The van der Waals surface area contributed by atoms with Crippen molar-refractivity contribution in [2.45, 2.75) is 19.2 Å². The first-order valence-corrected chi connectivity index (χ1v) is 11.0. The first kappa shape index (κ1) is 25.0. The van der Waals surface area contributed by atoms with Gasteiger partial charge in [0.1, 0.15) is 6.10 Å². The summed E-state index contributed by atoms with van der Waals surface area (Å²) in [6.45, 7) is 1.43. The van der Waals surface area contributed by atoms with Crippen molar-refractivity contribution in [2.24, 2.45) is 0 Å². The average molecular weight is 500 g/mol. The van der Waals surface area contributed by atoms with Crippen LogP contribution in [-0.4, -0.2) is 60.2 Å². The van der Waals surface area contributed by atoms with E-state index in [2.05, 4.69) is 9.97 Å². The van der Waals surface area contributed by atoms with E-state index in [9.17, 15) is 22.8 Å². The molecule has 0 radical (unpaired) electrons. The number of halogens is 3. The van der Waals surface area contributed by atoms with Gasteiger partial charge in [-0.25, -0.2) is 9.78 Å². The van der Waals surface area contributed by atoms with Crippen LogP contribution in [0.5, 0.6) is 5.88 Å². The third-order valence-corrected chi connectivity index (χ3v) is 5.77. The van der Waals surface area contributed by atoms with Gasteiger partial charge in [0.15, 0.2) is 0 Å². The van der Waals surface area contributed by atoms with Crippen LogP contribution in [0.25, 0.3) is 17.1 Å². The molecule has 1 aliphatic heterocycles. The van der Waals surface area contributed by atoms with Crippen LogP contribution in [0.4, 0.5) is 23.7 Å². The van der Waals surface area contributed by atoms with Crippen molar-refractivity contribution < 1.29 is 32.2 Å². The molecule has 3 heterocycles. The number of methoxy groups -OCH3 is 1. The maximum Gasteiger partial charge on any atom is 0.416 e. The van der Waals surface area contributed by atoms with Gasteiger partial charge in [-0.1, -0.05) is 6.07 Å². The number of ether oxygens (including phenoxy) is 2. The molecule has 1 aromatic carbocycles. The SMILES string of the molecule is COc1ccc2nccc(/C=C/C(=O)N(C)C[C@H]3CN(c4ccc(C)c(C(F)(F)F)c4)C(=O)O3)c2n1. The van der Waals surface area contributed by atoms with Crippen molar-refractivity contribution in [1.82, 2.24) is 14.9 Å². The van der Waals surface area contributed by atoms with E-state index in [1.54, 1.807) is 37.5 Å². The molecule has 2 amide bonds. The minimum Gasteiger partial charge on any atom is -0.481 e. The molecule has 0 N–H and O–H groups in total. The highest BCUT2D eigenvalue weighted by Crippen LogP contribution is 2.35. The number of carbonyl (C=O) groups is 2. The van der Waals surface area contributed by atoms with E-state index in [0.29, 0.717) is 22.5 Å². The van der Waals surface area contributed by atoms with Crippen LogP contribution in [0.2, 0.25) is 0 Å². The number of pyridine rings is 2. The van der Waals surface area contributed by atoms with Crippen LogP contribution < -0.4 is 9.64 Å². The highest BCUT2D eigenvalue weighted by Gasteiger charge is 2.37. The van der Waals surface area contributed by atoms with Gasteiger partial charge in [-0.3, -0.25) is 14.7 Å². The van der Waals surface area contributed by atoms with Gasteiger partial charge in [-0.15, -0.1) is 0 Å². The maximum atomic E-state index is 13.3. The molecule has 0 saturated carbocycles. The molecule has 36 heavy (non-hydrogen) atoms. The lowest BCUT2D eigenvalue weighted by Crippen LogP contribution is -2.35. The van der Waals surface area contributed by atoms with Gasteiger partial charge in [0, 0.05) is 36.6 Å². The lowest BCUT2D eigenvalue weighted by atomic mass is 10.1. The Kier molecular flexibility index (Phi) is 6.82. The molecule has 1 fully saturated rings. The predicted octanol–water partition coefficient (Wildman–Crippen LogP) is 4.46. The van der Waals surface area contributed by atoms with E-state index < -0.39 is 23.9 Å².